The SMILES string of the molecule is CN(C)CCn1c2c(c3cccnc31)CC(N(C)CCn1c3c(c4ccncc41)CCCCO3)CCO2. The average molecular weight is 503 g/mol. The second-order valence-corrected chi connectivity index (χ2v) is 10.7. The van der Waals surface area contributed by atoms with Crippen molar-refractivity contribution < 1.29 is 9.47 Å². The van der Waals surface area contributed by atoms with E-state index in [4.69, 9.17) is 14.5 Å². The van der Waals surface area contributed by atoms with Crippen LogP contribution in [0.2, 0.25) is 0 Å². The molecule has 0 spiro atoms. The van der Waals surface area contributed by atoms with E-state index >= 15 is 0 Å². The monoisotopic (exact) mass is 502 g/mol. The highest BCUT2D eigenvalue weighted by Crippen LogP contribution is 2.37. The first kappa shape index (κ1) is 24.2. The lowest BCUT2D eigenvalue weighted by Gasteiger charge is -2.27. The van der Waals surface area contributed by atoms with Gasteiger partial charge >= 0.3 is 0 Å². The molecule has 6 rings (SSSR count). The van der Waals surface area contributed by atoms with Crippen LogP contribution in [0.1, 0.15) is 30.4 Å². The van der Waals surface area contributed by atoms with Crippen molar-refractivity contribution in [3.8, 4) is 11.8 Å². The summed E-state index contributed by atoms with van der Waals surface area (Å²) in [5.74, 6) is 2.06. The van der Waals surface area contributed by atoms with Crippen LogP contribution in [0.4, 0.5) is 0 Å². The van der Waals surface area contributed by atoms with Gasteiger partial charge in [-0.25, -0.2) is 4.98 Å². The van der Waals surface area contributed by atoms with Crippen LogP contribution in [-0.2, 0) is 25.9 Å². The number of fused-ring (bicyclic) bond motifs is 6. The third-order valence-electron chi connectivity index (χ3n) is 8.05. The first-order valence-electron chi connectivity index (χ1n) is 13.6. The summed E-state index contributed by atoms with van der Waals surface area (Å²) in [6.07, 6.45) is 11.1. The maximum absolute atomic E-state index is 6.42. The molecule has 0 saturated carbocycles. The van der Waals surface area contributed by atoms with E-state index in [-0.39, 0.29) is 0 Å². The Hall–Kier alpha value is -3.10. The van der Waals surface area contributed by atoms with E-state index in [9.17, 15) is 0 Å². The van der Waals surface area contributed by atoms with Crippen molar-refractivity contribution in [2.75, 3.05) is 47.4 Å². The Balaban J connectivity index is 1.25. The van der Waals surface area contributed by atoms with Crippen LogP contribution in [0.25, 0.3) is 21.9 Å². The molecule has 4 aromatic heterocycles. The summed E-state index contributed by atoms with van der Waals surface area (Å²) in [4.78, 5) is 13.9. The molecule has 1 atom stereocenters. The standard InChI is InChI=1S/C29H38N6O2/c1-32(2)13-15-35-27-23(8-6-11-31-27)25-19-21(10-18-37-29(25)35)33(3)14-16-34-26-20-30-12-9-22(26)24-7-4-5-17-36-28(24)34/h6,8-9,11-12,20-21H,4-5,7,10,13-19H2,1-3H3. The quantitative estimate of drug-likeness (QED) is 0.381. The van der Waals surface area contributed by atoms with Gasteiger partial charge < -0.3 is 23.8 Å². The fraction of sp³-hybridized carbons (Fsp3) is 0.517. The Morgan fingerprint density at radius 2 is 1.76 bits per heavy atom. The van der Waals surface area contributed by atoms with E-state index < -0.39 is 0 Å². The highest BCUT2D eigenvalue weighted by Gasteiger charge is 2.28. The molecule has 4 aromatic rings. The number of ether oxygens (including phenoxy) is 2. The van der Waals surface area contributed by atoms with Gasteiger partial charge in [-0.3, -0.25) is 9.55 Å². The van der Waals surface area contributed by atoms with E-state index in [0.29, 0.717) is 6.04 Å². The van der Waals surface area contributed by atoms with Gasteiger partial charge in [-0.1, -0.05) is 0 Å². The number of hydrogen-bond acceptors (Lipinski definition) is 6. The van der Waals surface area contributed by atoms with Crippen molar-refractivity contribution >= 4 is 21.9 Å². The van der Waals surface area contributed by atoms with Gasteiger partial charge in [0.1, 0.15) is 5.65 Å². The highest BCUT2D eigenvalue weighted by atomic mass is 16.5. The predicted octanol–water partition coefficient (Wildman–Crippen LogP) is 3.99. The molecule has 0 aromatic carbocycles. The molecule has 0 saturated heterocycles. The zero-order chi connectivity index (χ0) is 25.4. The van der Waals surface area contributed by atoms with Crippen LogP contribution in [0.5, 0.6) is 11.8 Å². The smallest absolute Gasteiger partial charge is 0.199 e. The number of hydrogen-bond donors (Lipinski definition) is 0. The fourth-order valence-corrected chi connectivity index (χ4v) is 5.98. The van der Waals surface area contributed by atoms with Gasteiger partial charge in [0.2, 0.25) is 0 Å². The Bertz CT molecular complexity index is 1390. The molecule has 0 radical (unpaired) electrons. The molecule has 0 aliphatic carbocycles. The van der Waals surface area contributed by atoms with Gasteiger partial charge in [-0.15, -0.1) is 0 Å². The van der Waals surface area contributed by atoms with Gasteiger partial charge in [0.05, 0.1) is 24.9 Å². The lowest BCUT2D eigenvalue weighted by Crippen LogP contribution is -2.36. The summed E-state index contributed by atoms with van der Waals surface area (Å²) >= 11 is 0. The summed E-state index contributed by atoms with van der Waals surface area (Å²) < 4.78 is 17.3. The van der Waals surface area contributed by atoms with Crippen LogP contribution in [0.15, 0.2) is 36.8 Å². The van der Waals surface area contributed by atoms with Crippen molar-refractivity contribution in [1.29, 1.82) is 0 Å². The molecule has 37 heavy (non-hydrogen) atoms. The minimum Gasteiger partial charge on any atom is -0.479 e. The van der Waals surface area contributed by atoms with Crippen LogP contribution < -0.4 is 9.47 Å². The second kappa shape index (κ2) is 10.3. The molecule has 2 aliphatic heterocycles. The van der Waals surface area contributed by atoms with E-state index in [1.165, 1.54) is 33.8 Å². The van der Waals surface area contributed by atoms with Gasteiger partial charge in [0.15, 0.2) is 11.8 Å². The minimum atomic E-state index is 0.397. The summed E-state index contributed by atoms with van der Waals surface area (Å²) in [5.41, 5.74) is 4.86. The molecular formula is C29H38N6O2. The number of nitrogens with zero attached hydrogens (tertiary/aromatic N) is 6. The number of aryl methyl sites for hydroxylation is 1. The van der Waals surface area contributed by atoms with Crippen LogP contribution in [0, 0.1) is 0 Å². The molecule has 8 nitrogen and oxygen atoms in total. The molecular weight excluding hydrogens is 464 g/mol. The Labute approximate surface area is 218 Å². The Morgan fingerprint density at radius 1 is 0.919 bits per heavy atom. The lowest BCUT2D eigenvalue weighted by molar-refractivity contribution is 0.193. The third-order valence-corrected chi connectivity index (χ3v) is 8.05. The summed E-state index contributed by atoms with van der Waals surface area (Å²) in [6, 6.07) is 6.78. The normalized spacial score (nSPS) is 17.9. The number of aromatic nitrogens is 4. The molecule has 0 amide bonds. The van der Waals surface area contributed by atoms with Crippen molar-refractivity contribution in [3.05, 3.63) is 47.9 Å². The number of likely N-dealkylation sites (N-methyl/N-ethyl adjacent to an activating group) is 2. The molecule has 0 N–H and O–H groups in total. The summed E-state index contributed by atoms with van der Waals surface area (Å²) in [6.45, 7) is 5.15. The van der Waals surface area contributed by atoms with E-state index in [1.807, 2.05) is 24.7 Å². The predicted molar refractivity (Wildman–Crippen MR) is 147 cm³/mol. The zero-order valence-electron chi connectivity index (χ0n) is 22.3. The summed E-state index contributed by atoms with van der Waals surface area (Å²) in [7, 11) is 6.47. The molecule has 0 fully saturated rings. The second-order valence-electron chi connectivity index (χ2n) is 10.7. The average Bonchev–Trinajstić information content (AvgIpc) is 3.11. The Morgan fingerprint density at radius 3 is 2.65 bits per heavy atom. The van der Waals surface area contributed by atoms with Gasteiger partial charge in [-0.2, -0.15) is 0 Å². The van der Waals surface area contributed by atoms with Crippen molar-refractivity contribution in [3.63, 3.8) is 0 Å². The van der Waals surface area contributed by atoms with Crippen LogP contribution in [-0.4, -0.2) is 82.4 Å². The molecule has 1 unspecified atom stereocenters. The minimum absolute atomic E-state index is 0.397. The largest absolute Gasteiger partial charge is 0.479 e. The van der Waals surface area contributed by atoms with E-state index in [2.05, 4.69) is 57.2 Å². The van der Waals surface area contributed by atoms with Crippen LogP contribution >= 0.6 is 0 Å². The first-order chi connectivity index (χ1) is 18.1. The molecule has 6 heterocycles. The molecule has 8 heteroatoms. The lowest BCUT2D eigenvalue weighted by atomic mass is 10.0. The van der Waals surface area contributed by atoms with E-state index in [1.54, 1.807) is 0 Å². The van der Waals surface area contributed by atoms with Gasteiger partial charge in [-0.05, 0) is 71.4 Å². The van der Waals surface area contributed by atoms with Crippen molar-refractivity contribution in [2.24, 2.45) is 0 Å². The highest BCUT2D eigenvalue weighted by molar-refractivity contribution is 5.86. The third kappa shape index (κ3) is 4.57. The maximum Gasteiger partial charge on any atom is 0.199 e. The van der Waals surface area contributed by atoms with Crippen molar-refractivity contribution in [1.82, 2.24) is 28.9 Å². The first-order valence-corrected chi connectivity index (χ1v) is 13.6. The zero-order valence-corrected chi connectivity index (χ0v) is 22.3. The Kier molecular flexibility index (Phi) is 6.78. The molecule has 2 aliphatic rings. The van der Waals surface area contributed by atoms with E-state index in [0.717, 1.165) is 82.5 Å². The maximum atomic E-state index is 6.42. The number of rotatable bonds is 7. The van der Waals surface area contributed by atoms with Gasteiger partial charge in [0.25, 0.3) is 0 Å². The molecule has 0 bridgehead atoms. The van der Waals surface area contributed by atoms with Crippen LogP contribution in [0.3, 0.4) is 0 Å². The number of pyridine rings is 2. The summed E-state index contributed by atoms with van der Waals surface area (Å²) in [5, 5.41) is 2.51. The topological polar surface area (TPSA) is 60.6 Å². The molecule has 196 valence electrons. The van der Waals surface area contributed by atoms with Gasteiger partial charge in [0, 0.05) is 66.5 Å². The fourth-order valence-electron chi connectivity index (χ4n) is 5.98. The van der Waals surface area contributed by atoms with Crippen molar-refractivity contribution in [2.45, 2.75) is 51.2 Å².